The predicted molar refractivity (Wildman–Crippen MR) is 71.1 cm³/mol. The first kappa shape index (κ1) is 12.8. The maximum Gasteiger partial charge on any atom is 0.233 e. The maximum absolute atomic E-state index is 13.2. The highest BCUT2D eigenvalue weighted by molar-refractivity contribution is 9.11. The van der Waals surface area contributed by atoms with Crippen LogP contribution in [0.2, 0.25) is 5.02 Å². The number of aromatic nitrogens is 1. The molecule has 0 unspecified atom stereocenters. The van der Waals surface area contributed by atoms with Crippen LogP contribution >= 0.6 is 43.5 Å². The van der Waals surface area contributed by atoms with Crippen LogP contribution in [0.1, 0.15) is 0 Å². The predicted octanol–water partition coefficient (Wildman–Crippen LogP) is 5.19. The molecule has 0 amide bonds. The third-order valence-electron chi connectivity index (χ3n) is 1.88. The number of nitrogens with zero attached hydrogens (tertiary/aromatic N) is 1. The van der Waals surface area contributed by atoms with Gasteiger partial charge in [-0.2, -0.15) is 0 Å². The molecule has 0 aliphatic heterocycles. The Hall–Kier alpha value is -0.650. The number of ether oxygens (including phenoxy) is 1. The zero-order valence-corrected chi connectivity index (χ0v) is 12.2. The van der Waals surface area contributed by atoms with Crippen molar-refractivity contribution in [3.05, 3.63) is 50.2 Å². The monoisotopic (exact) mass is 379 g/mol. The molecule has 0 aliphatic carbocycles. The Kier molecular flexibility index (Phi) is 4.01. The number of benzene rings is 1. The topological polar surface area (TPSA) is 22.1 Å². The summed E-state index contributed by atoms with van der Waals surface area (Å²) in [6.07, 6.45) is 1.59. The van der Waals surface area contributed by atoms with Crippen LogP contribution in [0.3, 0.4) is 0 Å². The Morgan fingerprint density at radius 1 is 1.24 bits per heavy atom. The fourth-order valence-corrected chi connectivity index (χ4v) is 2.32. The lowest BCUT2D eigenvalue weighted by molar-refractivity contribution is 0.455. The highest BCUT2D eigenvalue weighted by Gasteiger charge is 2.07. The van der Waals surface area contributed by atoms with Gasteiger partial charge in [0, 0.05) is 16.7 Å². The summed E-state index contributed by atoms with van der Waals surface area (Å²) >= 11 is 12.2. The van der Waals surface area contributed by atoms with E-state index in [1.54, 1.807) is 18.3 Å². The first-order valence-electron chi connectivity index (χ1n) is 4.50. The van der Waals surface area contributed by atoms with Gasteiger partial charge in [-0.05, 0) is 50.1 Å². The van der Waals surface area contributed by atoms with Crippen LogP contribution < -0.4 is 4.74 Å². The van der Waals surface area contributed by atoms with Crippen molar-refractivity contribution in [1.82, 2.24) is 4.98 Å². The molecule has 1 heterocycles. The first-order chi connectivity index (χ1) is 8.06. The Balaban J connectivity index is 2.28. The first-order valence-corrected chi connectivity index (χ1v) is 6.46. The Labute approximate surface area is 119 Å². The van der Waals surface area contributed by atoms with Crippen LogP contribution in [0, 0.1) is 5.82 Å². The smallest absolute Gasteiger partial charge is 0.233 e. The standard InChI is InChI=1S/C11H5Br2ClFNO/c12-6-3-8(13)11(16-5-6)17-7-1-2-9(14)10(15)4-7/h1-5H. The molecular formula is C11H5Br2ClFNO. The van der Waals surface area contributed by atoms with Gasteiger partial charge in [0.2, 0.25) is 5.88 Å². The minimum absolute atomic E-state index is 0.0557. The highest BCUT2D eigenvalue weighted by Crippen LogP contribution is 2.30. The molecule has 0 spiro atoms. The van der Waals surface area contributed by atoms with E-state index in [0.29, 0.717) is 16.1 Å². The van der Waals surface area contributed by atoms with Crippen molar-refractivity contribution < 1.29 is 9.13 Å². The molecule has 17 heavy (non-hydrogen) atoms. The van der Waals surface area contributed by atoms with E-state index in [0.717, 1.165) is 4.47 Å². The molecule has 0 aliphatic rings. The summed E-state index contributed by atoms with van der Waals surface area (Å²) < 4.78 is 20.1. The second-order valence-corrected chi connectivity index (χ2v) is 5.30. The fraction of sp³-hybridized carbons (Fsp3) is 0. The van der Waals surface area contributed by atoms with Gasteiger partial charge in [-0.25, -0.2) is 9.37 Å². The lowest BCUT2D eigenvalue weighted by Gasteiger charge is -2.07. The maximum atomic E-state index is 13.2. The van der Waals surface area contributed by atoms with Gasteiger partial charge in [0.25, 0.3) is 0 Å². The molecule has 0 bridgehead atoms. The molecule has 0 atom stereocenters. The molecule has 0 fully saturated rings. The average Bonchev–Trinajstić information content (AvgIpc) is 2.27. The van der Waals surface area contributed by atoms with Gasteiger partial charge in [-0.3, -0.25) is 0 Å². The van der Waals surface area contributed by atoms with Crippen LogP contribution in [0.25, 0.3) is 0 Å². The second kappa shape index (κ2) is 5.33. The van der Waals surface area contributed by atoms with Crippen molar-refractivity contribution in [2.75, 3.05) is 0 Å². The molecule has 88 valence electrons. The van der Waals surface area contributed by atoms with E-state index in [4.69, 9.17) is 16.3 Å². The van der Waals surface area contributed by atoms with E-state index >= 15 is 0 Å². The molecule has 6 heteroatoms. The number of pyridine rings is 1. The van der Waals surface area contributed by atoms with Crippen molar-refractivity contribution >= 4 is 43.5 Å². The number of halogens is 4. The molecular weight excluding hydrogens is 376 g/mol. The van der Waals surface area contributed by atoms with Gasteiger partial charge in [0.1, 0.15) is 11.6 Å². The largest absolute Gasteiger partial charge is 0.438 e. The molecule has 0 saturated carbocycles. The minimum atomic E-state index is -0.530. The van der Waals surface area contributed by atoms with Crippen LogP contribution in [0.5, 0.6) is 11.6 Å². The van der Waals surface area contributed by atoms with E-state index in [-0.39, 0.29) is 5.02 Å². The zero-order chi connectivity index (χ0) is 12.4. The number of hydrogen-bond donors (Lipinski definition) is 0. The quantitative estimate of drug-likeness (QED) is 0.714. The third-order valence-corrected chi connectivity index (χ3v) is 3.19. The summed E-state index contributed by atoms with van der Waals surface area (Å²) in [5.41, 5.74) is 0. The normalized spacial score (nSPS) is 10.4. The van der Waals surface area contributed by atoms with E-state index in [9.17, 15) is 4.39 Å². The van der Waals surface area contributed by atoms with Gasteiger partial charge in [-0.1, -0.05) is 11.6 Å². The molecule has 2 nitrogen and oxygen atoms in total. The van der Waals surface area contributed by atoms with Crippen molar-refractivity contribution in [1.29, 1.82) is 0 Å². The Bertz CT molecular complexity index is 565. The van der Waals surface area contributed by atoms with Gasteiger partial charge in [0.05, 0.1) is 9.50 Å². The summed E-state index contributed by atoms with van der Waals surface area (Å²) in [5.74, 6) is 0.162. The second-order valence-electron chi connectivity index (χ2n) is 3.12. The van der Waals surface area contributed by atoms with Gasteiger partial charge >= 0.3 is 0 Å². The average molecular weight is 381 g/mol. The number of hydrogen-bond acceptors (Lipinski definition) is 2. The highest BCUT2D eigenvalue weighted by atomic mass is 79.9. The fourth-order valence-electron chi connectivity index (χ4n) is 1.13. The summed E-state index contributed by atoms with van der Waals surface area (Å²) in [7, 11) is 0. The minimum Gasteiger partial charge on any atom is -0.438 e. The summed E-state index contributed by atoms with van der Waals surface area (Å²) in [5, 5.41) is 0.0557. The molecule has 1 aromatic carbocycles. The molecule has 2 rings (SSSR count). The van der Waals surface area contributed by atoms with Crippen LogP contribution in [-0.4, -0.2) is 4.98 Å². The van der Waals surface area contributed by atoms with Crippen molar-refractivity contribution in [3.63, 3.8) is 0 Å². The summed E-state index contributed by atoms with van der Waals surface area (Å²) in [6.45, 7) is 0. The third kappa shape index (κ3) is 3.18. The van der Waals surface area contributed by atoms with Gasteiger partial charge in [-0.15, -0.1) is 0 Å². The van der Waals surface area contributed by atoms with E-state index in [2.05, 4.69) is 36.8 Å². The Morgan fingerprint density at radius 3 is 2.65 bits per heavy atom. The number of rotatable bonds is 2. The van der Waals surface area contributed by atoms with E-state index in [1.807, 2.05) is 0 Å². The lowest BCUT2D eigenvalue weighted by Crippen LogP contribution is -1.90. The van der Waals surface area contributed by atoms with Crippen molar-refractivity contribution in [3.8, 4) is 11.6 Å². The van der Waals surface area contributed by atoms with Crippen LogP contribution in [0.15, 0.2) is 39.4 Å². The van der Waals surface area contributed by atoms with Crippen molar-refractivity contribution in [2.45, 2.75) is 0 Å². The zero-order valence-electron chi connectivity index (χ0n) is 8.25. The molecule has 0 radical (unpaired) electrons. The molecule has 1 aromatic heterocycles. The van der Waals surface area contributed by atoms with Crippen LogP contribution in [0.4, 0.5) is 4.39 Å². The molecule has 2 aromatic rings. The summed E-state index contributed by atoms with van der Waals surface area (Å²) in [6, 6.07) is 5.99. The van der Waals surface area contributed by atoms with Crippen LogP contribution in [-0.2, 0) is 0 Å². The van der Waals surface area contributed by atoms with E-state index < -0.39 is 5.82 Å². The van der Waals surface area contributed by atoms with Gasteiger partial charge in [0.15, 0.2) is 0 Å². The van der Waals surface area contributed by atoms with Crippen molar-refractivity contribution in [2.24, 2.45) is 0 Å². The SMILES string of the molecule is Fc1cc(Oc2ncc(Br)cc2Br)ccc1Cl. The summed E-state index contributed by atoms with van der Waals surface area (Å²) in [4.78, 5) is 4.05. The molecule has 0 saturated heterocycles. The lowest BCUT2D eigenvalue weighted by atomic mass is 10.3. The molecule has 0 N–H and O–H groups in total. The Morgan fingerprint density at radius 2 is 2.00 bits per heavy atom. The van der Waals surface area contributed by atoms with Gasteiger partial charge < -0.3 is 4.74 Å². The van der Waals surface area contributed by atoms with E-state index in [1.165, 1.54) is 12.1 Å².